The number of aryl methyl sites for hydroxylation is 1. The van der Waals surface area contributed by atoms with Crippen molar-refractivity contribution in [1.29, 1.82) is 0 Å². The van der Waals surface area contributed by atoms with Crippen LogP contribution in [0, 0.1) is 6.92 Å². The lowest BCUT2D eigenvalue weighted by atomic mass is 10.1. The number of nitrogens with two attached hydrogens (primary N) is 1. The molecule has 74 valence electrons. The predicted molar refractivity (Wildman–Crippen MR) is 52.2 cm³/mol. The minimum Gasteiger partial charge on any atom is -0.273 e. The van der Waals surface area contributed by atoms with Crippen LogP contribution in [0.2, 0.25) is 0 Å². The second-order valence-corrected chi connectivity index (χ2v) is 3.06. The van der Waals surface area contributed by atoms with Crippen LogP contribution in [0.25, 0.3) is 0 Å². The van der Waals surface area contributed by atoms with E-state index in [2.05, 4.69) is 0 Å². The molecule has 0 saturated carbocycles. The van der Waals surface area contributed by atoms with Crippen LogP contribution in [0.15, 0.2) is 24.3 Å². The van der Waals surface area contributed by atoms with Crippen LogP contribution >= 0.6 is 0 Å². The van der Waals surface area contributed by atoms with Crippen LogP contribution in [-0.2, 0) is 4.79 Å². The summed E-state index contributed by atoms with van der Waals surface area (Å²) in [6, 6.07) is 6.86. The highest BCUT2D eigenvalue weighted by molar-refractivity contribution is 6.03. The van der Waals surface area contributed by atoms with Gasteiger partial charge >= 0.3 is 0 Å². The van der Waals surface area contributed by atoms with E-state index < -0.39 is 11.8 Å². The molecule has 2 N–H and O–H groups in total. The second kappa shape index (κ2) is 4.02. The van der Waals surface area contributed by atoms with E-state index in [1.807, 2.05) is 6.92 Å². The summed E-state index contributed by atoms with van der Waals surface area (Å²) in [5.41, 5.74) is 1.46. The lowest BCUT2D eigenvalue weighted by Gasteiger charge is -2.11. The van der Waals surface area contributed by atoms with E-state index in [4.69, 9.17) is 5.84 Å². The fraction of sp³-hybridized carbons (Fsp3) is 0.200. The zero-order chi connectivity index (χ0) is 10.7. The third-order valence-corrected chi connectivity index (χ3v) is 1.86. The van der Waals surface area contributed by atoms with Gasteiger partial charge in [-0.2, -0.15) is 0 Å². The van der Waals surface area contributed by atoms with Gasteiger partial charge in [-0.15, -0.1) is 0 Å². The van der Waals surface area contributed by atoms with Crippen LogP contribution in [-0.4, -0.2) is 16.8 Å². The van der Waals surface area contributed by atoms with Gasteiger partial charge in [0.15, 0.2) is 0 Å². The van der Waals surface area contributed by atoms with Crippen LogP contribution < -0.4 is 5.84 Å². The molecule has 1 aromatic rings. The Bertz CT molecular complexity index is 357. The van der Waals surface area contributed by atoms with E-state index in [1.165, 1.54) is 6.92 Å². The van der Waals surface area contributed by atoms with Crippen molar-refractivity contribution in [2.75, 3.05) is 0 Å². The summed E-state index contributed by atoms with van der Waals surface area (Å²) in [6.07, 6.45) is 0. The first kappa shape index (κ1) is 10.4. The molecule has 14 heavy (non-hydrogen) atoms. The molecule has 0 atom stereocenters. The number of hydrazine groups is 1. The van der Waals surface area contributed by atoms with Crippen molar-refractivity contribution in [2.24, 2.45) is 5.84 Å². The zero-order valence-electron chi connectivity index (χ0n) is 8.15. The fourth-order valence-electron chi connectivity index (χ4n) is 0.978. The molecule has 0 saturated heterocycles. The first-order valence-electron chi connectivity index (χ1n) is 4.19. The Kier molecular flexibility index (Phi) is 2.99. The third-order valence-electron chi connectivity index (χ3n) is 1.86. The van der Waals surface area contributed by atoms with Gasteiger partial charge in [-0.25, -0.2) is 10.9 Å². The summed E-state index contributed by atoms with van der Waals surface area (Å²) in [5.74, 6) is 4.30. The quantitative estimate of drug-likeness (QED) is 0.407. The number of benzene rings is 1. The number of amides is 2. The maximum atomic E-state index is 11.5. The van der Waals surface area contributed by atoms with E-state index in [-0.39, 0.29) is 0 Å². The number of imide groups is 1. The van der Waals surface area contributed by atoms with Gasteiger partial charge in [0.25, 0.3) is 5.91 Å². The van der Waals surface area contributed by atoms with Crippen LogP contribution in [0.1, 0.15) is 22.8 Å². The maximum absolute atomic E-state index is 11.5. The number of nitrogens with zero attached hydrogens (tertiary/aromatic N) is 1. The minimum atomic E-state index is -0.488. The average Bonchev–Trinajstić information content (AvgIpc) is 2.16. The number of carbonyl (C=O) groups excluding carboxylic acids is 2. The highest BCUT2D eigenvalue weighted by Gasteiger charge is 2.15. The van der Waals surface area contributed by atoms with Crippen molar-refractivity contribution in [3.05, 3.63) is 35.4 Å². The second-order valence-electron chi connectivity index (χ2n) is 3.06. The lowest BCUT2D eigenvalue weighted by molar-refractivity contribution is -0.126. The molecular weight excluding hydrogens is 180 g/mol. The summed E-state index contributed by atoms with van der Waals surface area (Å²) in [6.45, 7) is 3.16. The van der Waals surface area contributed by atoms with E-state index in [0.717, 1.165) is 5.56 Å². The van der Waals surface area contributed by atoms with E-state index >= 15 is 0 Å². The number of carbonyl (C=O) groups is 2. The molecule has 0 aromatic heterocycles. The first-order valence-corrected chi connectivity index (χ1v) is 4.19. The third kappa shape index (κ3) is 2.17. The predicted octanol–water partition coefficient (Wildman–Crippen LogP) is 0.857. The van der Waals surface area contributed by atoms with Gasteiger partial charge in [0.2, 0.25) is 5.91 Å². The summed E-state index contributed by atoms with van der Waals surface area (Å²) >= 11 is 0. The van der Waals surface area contributed by atoms with Crippen molar-refractivity contribution in [2.45, 2.75) is 13.8 Å². The number of rotatable bonds is 1. The Labute approximate surface area is 82.3 Å². The Balaban J connectivity index is 2.90. The number of hydrogen-bond donors (Lipinski definition) is 1. The molecule has 0 aliphatic carbocycles. The molecule has 0 radical (unpaired) electrons. The molecular formula is C10H12N2O2. The van der Waals surface area contributed by atoms with Gasteiger partial charge in [-0.1, -0.05) is 17.7 Å². The van der Waals surface area contributed by atoms with Gasteiger partial charge in [-0.3, -0.25) is 9.59 Å². The molecule has 1 aromatic carbocycles. The van der Waals surface area contributed by atoms with Gasteiger partial charge < -0.3 is 0 Å². The Morgan fingerprint density at radius 1 is 1.21 bits per heavy atom. The average molecular weight is 192 g/mol. The highest BCUT2D eigenvalue weighted by Crippen LogP contribution is 2.05. The highest BCUT2D eigenvalue weighted by atomic mass is 16.2. The molecule has 1 rings (SSSR count). The molecule has 0 spiro atoms. The molecule has 0 bridgehead atoms. The van der Waals surface area contributed by atoms with Crippen LogP contribution in [0.5, 0.6) is 0 Å². The van der Waals surface area contributed by atoms with Crippen molar-refractivity contribution in [1.82, 2.24) is 5.01 Å². The topological polar surface area (TPSA) is 63.4 Å². The van der Waals surface area contributed by atoms with Crippen molar-refractivity contribution < 1.29 is 9.59 Å². The summed E-state index contributed by atoms with van der Waals surface area (Å²) < 4.78 is 0. The molecule has 0 aliphatic heterocycles. The van der Waals surface area contributed by atoms with Crippen LogP contribution in [0.3, 0.4) is 0 Å². The Morgan fingerprint density at radius 3 is 2.14 bits per heavy atom. The molecule has 0 heterocycles. The molecule has 0 fully saturated rings. The van der Waals surface area contributed by atoms with E-state index in [9.17, 15) is 9.59 Å². The lowest BCUT2D eigenvalue weighted by Crippen LogP contribution is -2.41. The summed E-state index contributed by atoms with van der Waals surface area (Å²) in [7, 11) is 0. The molecule has 4 nitrogen and oxygen atoms in total. The van der Waals surface area contributed by atoms with E-state index in [0.29, 0.717) is 10.6 Å². The Hall–Kier alpha value is -1.68. The monoisotopic (exact) mass is 192 g/mol. The maximum Gasteiger partial charge on any atom is 0.274 e. The SMILES string of the molecule is CC(=O)N(N)C(=O)c1ccc(C)cc1. The van der Waals surface area contributed by atoms with Gasteiger partial charge in [0, 0.05) is 12.5 Å². The van der Waals surface area contributed by atoms with Crippen molar-refractivity contribution in [3.63, 3.8) is 0 Å². The smallest absolute Gasteiger partial charge is 0.273 e. The van der Waals surface area contributed by atoms with Crippen molar-refractivity contribution >= 4 is 11.8 Å². The normalized spacial score (nSPS) is 9.64. The van der Waals surface area contributed by atoms with Gasteiger partial charge in [0.1, 0.15) is 0 Å². The minimum absolute atomic E-state index is 0.410. The van der Waals surface area contributed by atoms with Gasteiger partial charge in [0.05, 0.1) is 0 Å². The summed E-state index contributed by atoms with van der Waals surface area (Å²) in [5, 5.41) is 0.602. The summed E-state index contributed by atoms with van der Waals surface area (Å²) in [4.78, 5) is 22.3. The molecule has 2 amide bonds. The van der Waals surface area contributed by atoms with Crippen LogP contribution in [0.4, 0.5) is 0 Å². The molecule has 4 heteroatoms. The molecule has 0 aliphatic rings. The van der Waals surface area contributed by atoms with E-state index in [1.54, 1.807) is 24.3 Å². The Morgan fingerprint density at radius 2 is 1.71 bits per heavy atom. The zero-order valence-corrected chi connectivity index (χ0v) is 8.15. The molecule has 0 unspecified atom stereocenters. The first-order chi connectivity index (χ1) is 6.52. The fourth-order valence-corrected chi connectivity index (χ4v) is 0.978. The standard InChI is InChI=1S/C10H12N2O2/c1-7-3-5-9(6-4-7)10(14)12(11)8(2)13/h3-6H,11H2,1-2H3. The number of hydrogen-bond acceptors (Lipinski definition) is 3. The largest absolute Gasteiger partial charge is 0.274 e. The van der Waals surface area contributed by atoms with Gasteiger partial charge in [-0.05, 0) is 19.1 Å². The van der Waals surface area contributed by atoms with Crippen molar-refractivity contribution in [3.8, 4) is 0 Å².